The number of rotatable bonds is 4. The molecule has 1 N–H and O–H groups in total. The third-order valence-electron chi connectivity index (χ3n) is 5.13. The number of ketones is 1. The minimum absolute atomic E-state index is 0.0620. The van der Waals surface area contributed by atoms with Gasteiger partial charge >= 0.3 is 5.97 Å². The van der Waals surface area contributed by atoms with Gasteiger partial charge in [-0.1, -0.05) is 42.5 Å². The molecule has 4 heteroatoms. The molecule has 0 spiro atoms. The predicted octanol–water partition coefficient (Wildman–Crippen LogP) is 4.46. The van der Waals surface area contributed by atoms with E-state index >= 15 is 0 Å². The first-order valence-electron chi connectivity index (χ1n) is 9.16. The lowest BCUT2D eigenvalue weighted by Gasteiger charge is -2.16. The van der Waals surface area contributed by atoms with Gasteiger partial charge in [0, 0.05) is 10.9 Å². The van der Waals surface area contributed by atoms with Crippen LogP contribution in [0, 0.1) is 0 Å². The highest BCUT2D eigenvalue weighted by atomic mass is 16.5. The van der Waals surface area contributed by atoms with Crippen LogP contribution in [0.1, 0.15) is 44.7 Å². The van der Waals surface area contributed by atoms with Gasteiger partial charge in [-0.3, -0.25) is 4.79 Å². The molecule has 27 heavy (non-hydrogen) atoms. The van der Waals surface area contributed by atoms with Crippen LogP contribution < -0.4 is 0 Å². The number of aryl methyl sites for hydroxylation is 2. The molecule has 3 aromatic rings. The van der Waals surface area contributed by atoms with Crippen LogP contribution in [0.5, 0.6) is 5.75 Å². The van der Waals surface area contributed by atoms with E-state index in [1.165, 1.54) is 23.6 Å². The fourth-order valence-corrected chi connectivity index (χ4v) is 3.62. The zero-order valence-corrected chi connectivity index (χ0v) is 14.9. The number of aromatic hydroxyl groups is 1. The molecule has 4 rings (SSSR count). The van der Waals surface area contributed by atoms with E-state index in [-0.39, 0.29) is 23.7 Å². The molecule has 0 heterocycles. The molecule has 0 aliphatic heterocycles. The molecule has 0 bridgehead atoms. The lowest BCUT2D eigenvalue weighted by atomic mass is 9.90. The number of hydrogen-bond donors (Lipinski definition) is 1. The number of fused-ring (bicyclic) bond motifs is 2. The molecular weight excluding hydrogens is 340 g/mol. The minimum atomic E-state index is -0.704. The van der Waals surface area contributed by atoms with Gasteiger partial charge in [-0.05, 0) is 54.3 Å². The quantitative estimate of drug-likeness (QED) is 0.551. The molecule has 0 saturated heterocycles. The van der Waals surface area contributed by atoms with Gasteiger partial charge < -0.3 is 9.84 Å². The van der Waals surface area contributed by atoms with Crippen molar-refractivity contribution in [2.45, 2.75) is 25.7 Å². The second-order valence-corrected chi connectivity index (χ2v) is 6.87. The van der Waals surface area contributed by atoms with Crippen molar-refractivity contribution < 1.29 is 19.4 Å². The van der Waals surface area contributed by atoms with Gasteiger partial charge in [-0.25, -0.2) is 4.79 Å². The van der Waals surface area contributed by atoms with Crippen molar-refractivity contribution in [3.8, 4) is 5.75 Å². The number of carbonyl (C=O) groups is 2. The van der Waals surface area contributed by atoms with Crippen LogP contribution >= 0.6 is 0 Å². The third-order valence-corrected chi connectivity index (χ3v) is 5.13. The predicted molar refractivity (Wildman–Crippen MR) is 103 cm³/mol. The topological polar surface area (TPSA) is 63.6 Å². The number of hydrogen-bond acceptors (Lipinski definition) is 4. The summed E-state index contributed by atoms with van der Waals surface area (Å²) in [5.74, 6) is -1.07. The molecule has 136 valence electrons. The summed E-state index contributed by atoms with van der Waals surface area (Å²) in [5, 5.41) is 11.8. The standard InChI is InChI=1S/C23H20O4/c24-21(18-10-9-15-5-1-2-7-17(15)13-18)14-27-23(26)20-12-11-16-6-3-4-8-19(16)22(20)25/h3-4,6,8-13,25H,1-2,5,7,14H2. The monoisotopic (exact) mass is 360 g/mol. The molecule has 0 atom stereocenters. The maximum atomic E-state index is 12.4. The van der Waals surface area contributed by atoms with E-state index in [0.717, 1.165) is 24.6 Å². The summed E-state index contributed by atoms with van der Waals surface area (Å²) in [6.07, 6.45) is 4.37. The van der Waals surface area contributed by atoms with E-state index in [1.54, 1.807) is 24.3 Å². The summed E-state index contributed by atoms with van der Waals surface area (Å²) in [6.45, 7) is -0.343. The Kier molecular flexibility index (Phi) is 4.63. The van der Waals surface area contributed by atoms with Gasteiger partial charge in [0.1, 0.15) is 11.3 Å². The summed E-state index contributed by atoms with van der Waals surface area (Å²) < 4.78 is 5.17. The highest BCUT2D eigenvalue weighted by Crippen LogP contribution is 2.29. The molecular formula is C23H20O4. The second kappa shape index (κ2) is 7.23. The van der Waals surface area contributed by atoms with Crippen molar-refractivity contribution in [1.29, 1.82) is 0 Å². The third kappa shape index (κ3) is 3.43. The van der Waals surface area contributed by atoms with Crippen molar-refractivity contribution >= 4 is 22.5 Å². The molecule has 0 fully saturated rings. The molecule has 0 saturated carbocycles. The van der Waals surface area contributed by atoms with E-state index in [4.69, 9.17) is 4.74 Å². The van der Waals surface area contributed by atoms with Gasteiger partial charge in [0.15, 0.2) is 12.4 Å². The number of ether oxygens (including phenoxy) is 1. The average Bonchev–Trinajstić information content (AvgIpc) is 2.72. The SMILES string of the molecule is O=C(COC(=O)c1ccc2ccccc2c1O)c1ccc2c(c1)CCCC2. The fourth-order valence-electron chi connectivity index (χ4n) is 3.62. The Balaban J connectivity index is 1.48. The highest BCUT2D eigenvalue weighted by molar-refractivity contribution is 6.03. The van der Waals surface area contributed by atoms with E-state index in [2.05, 4.69) is 0 Å². The van der Waals surface area contributed by atoms with Crippen LogP contribution in [0.4, 0.5) is 0 Å². The zero-order valence-electron chi connectivity index (χ0n) is 14.9. The van der Waals surface area contributed by atoms with Gasteiger partial charge in [-0.15, -0.1) is 0 Å². The normalized spacial score (nSPS) is 13.2. The molecule has 3 aromatic carbocycles. The van der Waals surface area contributed by atoms with Gasteiger partial charge in [0.25, 0.3) is 0 Å². The Morgan fingerprint density at radius 1 is 0.926 bits per heavy atom. The van der Waals surface area contributed by atoms with Crippen LogP contribution in [-0.2, 0) is 17.6 Å². The zero-order chi connectivity index (χ0) is 18.8. The summed E-state index contributed by atoms with van der Waals surface area (Å²) in [5.41, 5.74) is 3.14. The first-order valence-corrected chi connectivity index (χ1v) is 9.16. The van der Waals surface area contributed by atoms with Crippen molar-refractivity contribution in [1.82, 2.24) is 0 Å². The van der Waals surface area contributed by atoms with Crippen LogP contribution in [0.25, 0.3) is 10.8 Å². The van der Waals surface area contributed by atoms with Crippen LogP contribution in [0.2, 0.25) is 0 Å². The van der Waals surface area contributed by atoms with E-state index in [9.17, 15) is 14.7 Å². The van der Waals surface area contributed by atoms with Crippen molar-refractivity contribution in [3.63, 3.8) is 0 Å². The Labute approximate surface area is 157 Å². The number of Topliss-reactive ketones (excluding diaryl/α,β-unsaturated/α-hetero) is 1. The lowest BCUT2D eigenvalue weighted by molar-refractivity contribution is 0.0472. The summed E-state index contributed by atoms with van der Waals surface area (Å²) in [6, 6.07) is 16.2. The van der Waals surface area contributed by atoms with E-state index < -0.39 is 5.97 Å². The minimum Gasteiger partial charge on any atom is -0.506 e. The number of esters is 1. The van der Waals surface area contributed by atoms with Crippen LogP contribution in [0.15, 0.2) is 54.6 Å². The number of phenols is 1. The van der Waals surface area contributed by atoms with Gasteiger partial charge in [0.05, 0.1) is 0 Å². The molecule has 1 aliphatic carbocycles. The van der Waals surface area contributed by atoms with E-state index in [1.807, 2.05) is 24.3 Å². The maximum absolute atomic E-state index is 12.4. The molecule has 0 radical (unpaired) electrons. The average molecular weight is 360 g/mol. The number of carbonyl (C=O) groups excluding carboxylic acids is 2. The smallest absolute Gasteiger partial charge is 0.342 e. The fraction of sp³-hybridized carbons (Fsp3) is 0.217. The molecule has 4 nitrogen and oxygen atoms in total. The Bertz CT molecular complexity index is 1040. The first kappa shape index (κ1) is 17.3. The van der Waals surface area contributed by atoms with Crippen LogP contribution in [-0.4, -0.2) is 23.5 Å². The van der Waals surface area contributed by atoms with E-state index in [0.29, 0.717) is 10.9 Å². The highest BCUT2D eigenvalue weighted by Gasteiger charge is 2.18. The Morgan fingerprint density at radius 2 is 1.70 bits per heavy atom. The van der Waals surface area contributed by atoms with Crippen molar-refractivity contribution in [2.24, 2.45) is 0 Å². The Hall–Kier alpha value is -3.14. The van der Waals surface area contributed by atoms with Crippen molar-refractivity contribution in [3.05, 3.63) is 76.9 Å². The Morgan fingerprint density at radius 3 is 2.56 bits per heavy atom. The summed E-state index contributed by atoms with van der Waals surface area (Å²) in [4.78, 5) is 24.8. The molecule has 1 aliphatic rings. The molecule has 0 amide bonds. The van der Waals surface area contributed by atoms with Crippen LogP contribution in [0.3, 0.4) is 0 Å². The molecule has 0 unspecified atom stereocenters. The number of phenolic OH excluding ortho intramolecular Hbond substituents is 1. The largest absolute Gasteiger partial charge is 0.506 e. The maximum Gasteiger partial charge on any atom is 0.342 e. The second-order valence-electron chi connectivity index (χ2n) is 6.87. The van der Waals surface area contributed by atoms with Gasteiger partial charge in [0.2, 0.25) is 0 Å². The number of benzene rings is 3. The molecule has 0 aromatic heterocycles. The first-order chi connectivity index (χ1) is 13.1. The summed E-state index contributed by atoms with van der Waals surface area (Å²) >= 11 is 0. The van der Waals surface area contributed by atoms with Crippen molar-refractivity contribution in [2.75, 3.05) is 6.61 Å². The van der Waals surface area contributed by atoms with Gasteiger partial charge in [-0.2, -0.15) is 0 Å². The lowest BCUT2D eigenvalue weighted by Crippen LogP contribution is -2.15. The summed E-state index contributed by atoms with van der Waals surface area (Å²) in [7, 11) is 0.